The average molecular weight is 298 g/mol. The molecule has 0 saturated heterocycles. The van der Waals surface area contributed by atoms with Gasteiger partial charge >= 0.3 is 0 Å². The van der Waals surface area contributed by atoms with Crippen LogP contribution >= 0.6 is 35.2 Å². The summed E-state index contributed by atoms with van der Waals surface area (Å²) in [4.78, 5) is 4.54. The molecule has 18 heavy (non-hydrogen) atoms. The largest absolute Gasteiger partial charge is 0.389 e. The molecule has 0 unspecified atom stereocenters. The van der Waals surface area contributed by atoms with Gasteiger partial charge in [0.15, 0.2) is 0 Å². The van der Waals surface area contributed by atoms with Gasteiger partial charge in [-0.15, -0.1) is 11.3 Å². The number of benzene rings is 1. The van der Waals surface area contributed by atoms with Crippen LogP contribution in [0, 0.1) is 0 Å². The van der Waals surface area contributed by atoms with Gasteiger partial charge in [-0.05, 0) is 18.2 Å². The topological polar surface area (TPSA) is 50.9 Å². The van der Waals surface area contributed by atoms with Gasteiger partial charge in [0.1, 0.15) is 4.99 Å². The summed E-state index contributed by atoms with van der Waals surface area (Å²) in [6.07, 6.45) is 2.71. The first-order valence-electron chi connectivity index (χ1n) is 5.38. The summed E-state index contributed by atoms with van der Waals surface area (Å²) in [5, 5.41) is 6.95. The van der Waals surface area contributed by atoms with Crippen LogP contribution in [-0.2, 0) is 6.42 Å². The third-order valence-corrected chi connectivity index (χ3v) is 3.76. The van der Waals surface area contributed by atoms with E-state index in [9.17, 15) is 0 Å². The van der Waals surface area contributed by atoms with Gasteiger partial charge < -0.3 is 11.1 Å². The Bertz CT molecular complexity index is 540. The van der Waals surface area contributed by atoms with E-state index in [-0.39, 0.29) is 0 Å². The van der Waals surface area contributed by atoms with Crippen molar-refractivity contribution < 1.29 is 0 Å². The maximum atomic E-state index is 6.09. The maximum Gasteiger partial charge on any atom is 0.105 e. The Morgan fingerprint density at radius 1 is 1.50 bits per heavy atom. The van der Waals surface area contributed by atoms with E-state index >= 15 is 0 Å². The van der Waals surface area contributed by atoms with E-state index in [1.807, 2.05) is 29.8 Å². The molecule has 1 heterocycles. The summed E-state index contributed by atoms with van der Waals surface area (Å²) in [7, 11) is 0. The van der Waals surface area contributed by atoms with Crippen molar-refractivity contribution in [2.24, 2.45) is 5.73 Å². The quantitative estimate of drug-likeness (QED) is 0.833. The molecule has 6 heteroatoms. The van der Waals surface area contributed by atoms with E-state index < -0.39 is 0 Å². The van der Waals surface area contributed by atoms with Crippen LogP contribution in [0.4, 0.5) is 5.69 Å². The summed E-state index contributed by atoms with van der Waals surface area (Å²) in [5.41, 5.74) is 7.21. The molecule has 3 nitrogen and oxygen atoms in total. The number of rotatable bonds is 5. The third kappa shape index (κ3) is 3.41. The lowest BCUT2D eigenvalue weighted by molar-refractivity contribution is 0.998. The number of hydrogen-bond acceptors (Lipinski definition) is 4. The molecule has 0 aliphatic rings. The highest BCUT2D eigenvalue weighted by atomic mass is 35.5. The van der Waals surface area contributed by atoms with Gasteiger partial charge in [-0.1, -0.05) is 23.8 Å². The van der Waals surface area contributed by atoms with Crippen LogP contribution < -0.4 is 11.1 Å². The number of thiocarbonyl (C=S) groups is 1. The van der Waals surface area contributed by atoms with Crippen LogP contribution in [0.25, 0.3) is 0 Å². The molecule has 2 aromatic rings. The van der Waals surface area contributed by atoms with Crippen LogP contribution in [-0.4, -0.2) is 16.5 Å². The number of nitrogens with zero attached hydrogens (tertiary/aromatic N) is 1. The lowest BCUT2D eigenvalue weighted by Gasteiger charge is -2.08. The number of thiazole rings is 1. The van der Waals surface area contributed by atoms with Gasteiger partial charge in [0.25, 0.3) is 0 Å². The first kappa shape index (κ1) is 13.3. The Morgan fingerprint density at radius 2 is 2.33 bits per heavy atom. The van der Waals surface area contributed by atoms with Crippen LogP contribution in [0.3, 0.4) is 0 Å². The van der Waals surface area contributed by atoms with Crippen LogP contribution in [0.5, 0.6) is 0 Å². The van der Waals surface area contributed by atoms with Gasteiger partial charge in [0.05, 0.1) is 10.0 Å². The third-order valence-electron chi connectivity index (χ3n) is 2.39. The van der Waals surface area contributed by atoms with Crippen LogP contribution in [0.15, 0.2) is 29.8 Å². The predicted octanol–water partition coefficient (Wildman–Crippen LogP) is 3.09. The van der Waals surface area contributed by atoms with E-state index in [2.05, 4.69) is 10.3 Å². The summed E-state index contributed by atoms with van der Waals surface area (Å²) in [6, 6.07) is 5.58. The zero-order chi connectivity index (χ0) is 13.0. The Labute approximate surface area is 120 Å². The van der Waals surface area contributed by atoms with Crippen molar-refractivity contribution in [1.82, 2.24) is 4.98 Å². The fraction of sp³-hybridized carbons (Fsp3) is 0.167. The minimum Gasteiger partial charge on any atom is -0.389 e. The van der Waals surface area contributed by atoms with Gasteiger partial charge in [-0.25, -0.2) is 4.98 Å². The van der Waals surface area contributed by atoms with E-state index in [1.165, 1.54) is 0 Å². The Kier molecular flexibility index (Phi) is 4.52. The predicted molar refractivity (Wildman–Crippen MR) is 81.6 cm³/mol. The van der Waals surface area contributed by atoms with Gasteiger partial charge in [0.2, 0.25) is 0 Å². The van der Waals surface area contributed by atoms with Crippen molar-refractivity contribution in [3.8, 4) is 0 Å². The molecule has 0 radical (unpaired) electrons. The summed E-state index contributed by atoms with van der Waals surface area (Å²) in [6.45, 7) is 0.816. The summed E-state index contributed by atoms with van der Waals surface area (Å²) >= 11 is 12.6. The number of nitrogens with two attached hydrogens (primary N) is 1. The summed E-state index contributed by atoms with van der Waals surface area (Å²) < 4.78 is 0. The molecule has 0 saturated carbocycles. The van der Waals surface area contributed by atoms with Crippen molar-refractivity contribution in [2.75, 3.05) is 11.9 Å². The Morgan fingerprint density at radius 3 is 2.94 bits per heavy atom. The number of hydrogen-bond donors (Lipinski definition) is 2. The molecule has 0 aliphatic carbocycles. The fourth-order valence-corrected chi connectivity index (χ4v) is 2.65. The molecule has 0 atom stereocenters. The smallest absolute Gasteiger partial charge is 0.105 e. The second kappa shape index (κ2) is 6.13. The van der Waals surface area contributed by atoms with Crippen LogP contribution in [0.2, 0.25) is 5.02 Å². The maximum absolute atomic E-state index is 6.09. The normalized spacial score (nSPS) is 10.3. The molecular formula is C12H12ClN3S2. The second-order valence-corrected chi connectivity index (χ2v) is 5.49. The van der Waals surface area contributed by atoms with Gasteiger partial charge in [-0.3, -0.25) is 0 Å². The number of nitrogens with one attached hydrogen (secondary N) is 1. The molecule has 0 bridgehead atoms. The van der Waals surface area contributed by atoms with Crippen molar-refractivity contribution in [2.45, 2.75) is 6.42 Å². The molecule has 0 amide bonds. The molecule has 1 aromatic carbocycles. The average Bonchev–Trinajstić information content (AvgIpc) is 2.81. The molecule has 0 fully saturated rings. The van der Waals surface area contributed by atoms with Crippen molar-refractivity contribution in [1.29, 1.82) is 0 Å². The second-order valence-electron chi connectivity index (χ2n) is 3.66. The number of halogens is 1. The first-order valence-corrected chi connectivity index (χ1v) is 7.05. The van der Waals surface area contributed by atoms with Gasteiger partial charge in [-0.2, -0.15) is 0 Å². The molecule has 3 N–H and O–H groups in total. The lowest BCUT2D eigenvalue weighted by atomic mass is 10.2. The highest BCUT2D eigenvalue weighted by molar-refractivity contribution is 7.80. The van der Waals surface area contributed by atoms with Crippen molar-refractivity contribution in [3.05, 3.63) is 45.4 Å². The zero-order valence-electron chi connectivity index (χ0n) is 9.52. The standard InChI is InChI=1S/C12H12ClN3S2/c13-10-7-8(1-2-9(10)12(14)17)15-4-3-11-16-5-6-18-11/h1-2,5-7,15H,3-4H2,(H2,14,17). The van der Waals surface area contributed by atoms with Crippen molar-refractivity contribution >= 4 is 45.8 Å². The first-order chi connectivity index (χ1) is 8.66. The van der Waals surface area contributed by atoms with Crippen molar-refractivity contribution in [3.63, 3.8) is 0 Å². The molecule has 1 aromatic heterocycles. The van der Waals surface area contributed by atoms with Gasteiger partial charge in [0, 0.05) is 35.8 Å². The molecule has 94 valence electrons. The molecule has 0 spiro atoms. The molecule has 0 aliphatic heterocycles. The molecule has 2 rings (SSSR count). The van der Waals surface area contributed by atoms with E-state index in [0.717, 1.165) is 23.7 Å². The fourth-order valence-electron chi connectivity index (χ4n) is 1.52. The SMILES string of the molecule is NC(=S)c1ccc(NCCc2nccs2)cc1Cl. The number of anilines is 1. The highest BCUT2D eigenvalue weighted by Crippen LogP contribution is 2.21. The zero-order valence-corrected chi connectivity index (χ0v) is 11.9. The Balaban J connectivity index is 1.94. The van der Waals surface area contributed by atoms with Crippen LogP contribution in [0.1, 0.15) is 10.6 Å². The Hall–Kier alpha value is -1.17. The minimum atomic E-state index is 0.314. The number of aromatic nitrogens is 1. The van der Waals surface area contributed by atoms with E-state index in [1.54, 1.807) is 11.3 Å². The molecular weight excluding hydrogens is 286 g/mol. The summed E-state index contributed by atoms with van der Waals surface area (Å²) in [5.74, 6) is 0. The van der Waals surface area contributed by atoms with E-state index in [0.29, 0.717) is 15.6 Å². The highest BCUT2D eigenvalue weighted by Gasteiger charge is 2.04. The lowest BCUT2D eigenvalue weighted by Crippen LogP contribution is -2.10. The minimum absolute atomic E-state index is 0.314. The van der Waals surface area contributed by atoms with E-state index in [4.69, 9.17) is 29.6 Å². The monoisotopic (exact) mass is 297 g/mol.